The molecule has 18 heteroatoms. The number of hydrogen-bond acceptors (Lipinski definition) is 14. The Balaban J connectivity index is 1.30. The van der Waals surface area contributed by atoms with Gasteiger partial charge in [-0.1, -0.05) is 62.4 Å². The van der Waals surface area contributed by atoms with Crippen LogP contribution in [0.1, 0.15) is 38.8 Å². The van der Waals surface area contributed by atoms with Crippen molar-refractivity contribution in [2.45, 2.75) is 48.3 Å². The summed E-state index contributed by atoms with van der Waals surface area (Å²) >= 11 is 0.767. The number of nitrogens with zero attached hydrogens (tertiary/aromatic N) is 2. The Kier molecular flexibility index (Phi) is 11.8. The maximum Gasteiger partial charge on any atom is 0.210 e. The molecule has 4 aromatic rings. The van der Waals surface area contributed by atoms with Gasteiger partial charge in [0.15, 0.2) is 12.3 Å². The second kappa shape index (κ2) is 15.9. The summed E-state index contributed by atoms with van der Waals surface area (Å²) in [5.74, 6) is -1.26. The minimum absolute atomic E-state index is 0.0657. The molecule has 0 atom stereocenters. The fourth-order valence-corrected chi connectivity index (χ4v) is 9.50. The smallest absolute Gasteiger partial charge is 0.210 e. The van der Waals surface area contributed by atoms with Crippen molar-refractivity contribution in [3.8, 4) is 0 Å². The molecule has 0 radical (unpaired) electrons. The fourth-order valence-electron chi connectivity index (χ4n) is 7.78. The van der Waals surface area contributed by atoms with E-state index < -0.39 is 52.7 Å². The summed E-state index contributed by atoms with van der Waals surface area (Å²) < 4.78 is 112. The molecular formula is C39H37N2O12S4-3. The monoisotopic (exact) mass is 853 g/mol. The summed E-state index contributed by atoms with van der Waals surface area (Å²) in [4.78, 5) is 2.09. The van der Waals surface area contributed by atoms with Crippen LogP contribution in [-0.2, 0) is 50.6 Å². The predicted octanol–water partition coefficient (Wildman–Crippen LogP) is 4.94. The molecule has 0 aromatic heterocycles. The maximum absolute atomic E-state index is 11.7. The average Bonchev–Trinajstić information content (AvgIpc) is 3.48. The van der Waals surface area contributed by atoms with Crippen molar-refractivity contribution < 1.29 is 58.1 Å². The Morgan fingerprint density at radius 3 is 2.05 bits per heavy atom. The first-order valence-corrected chi connectivity index (χ1v) is 22.7. The Bertz CT molecular complexity index is 2770. The van der Waals surface area contributed by atoms with Crippen molar-refractivity contribution in [2.24, 2.45) is 0 Å². The van der Waals surface area contributed by atoms with E-state index in [0.717, 1.165) is 45.3 Å². The van der Waals surface area contributed by atoms with Crippen molar-refractivity contribution in [3.63, 3.8) is 0 Å². The van der Waals surface area contributed by atoms with Crippen molar-refractivity contribution in [3.05, 3.63) is 120 Å². The van der Waals surface area contributed by atoms with Crippen LogP contribution in [0.25, 0.3) is 21.5 Å². The van der Waals surface area contributed by atoms with Gasteiger partial charge in [0.2, 0.25) is 5.69 Å². The van der Waals surface area contributed by atoms with Crippen LogP contribution in [0, 0.1) is 0 Å². The topological polar surface area (TPSA) is 219 Å². The largest absolute Gasteiger partial charge is 0.748 e. The highest BCUT2D eigenvalue weighted by molar-refractivity contribution is 7.94. The third kappa shape index (κ3) is 8.95. The Morgan fingerprint density at radius 2 is 1.37 bits per heavy atom. The van der Waals surface area contributed by atoms with Gasteiger partial charge in [-0.2, -0.15) is 8.91 Å². The van der Waals surface area contributed by atoms with E-state index in [-0.39, 0.29) is 18.0 Å². The highest BCUT2D eigenvalue weighted by Crippen LogP contribution is 2.51. The van der Waals surface area contributed by atoms with Crippen LogP contribution in [0.2, 0.25) is 0 Å². The number of allylic oxidation sites excluding steroid dienone is 8. The minimum atomic E-state index is -4.70. The quantitative estimate of drug-likeness (QED) is 0.0410. The molecular weight excluding hydrogens is 817 g/mol. The first-order valence-electron chi connectivity index (χ1n) is 17.4. The zero-order valence-corrected chi connectivity index (χ0v) is 34.3. The Hall–Kier alpha value is -4.21. The molecule has 0 unspecified atom stereocenters. The summed E-state index contributed by atoms with van der Waals surface area (Å²) in [6, 6.07) is 16.7. The molecule has 14 nitrogen and oxygen atoms in total. The van der Waals surface area contributed by atoms with Crippen LogP contribution in [0.3, 0.4) is 0 Å². The average molecular weight is 854 g/mol. The van der Waals surface area contributed by atoms with Crippen LogP contribution >= 0.6 is 12.0 Å². The Morgan fingerprint density at radius 1 is 0.737 bits per heavy atom. The van der Waals surface area contributed by atoms with Gasteiger partial charge in [0.05, 0.1) is 44.0 Å². The van der Waals surface area contributed by atoms with Crippen molar-refractivity contribution in [1.82, 2.24) is 0 Å². The van der Waals surface area contributed by atoms with Crippen molar-refractivity contribution in [1.29, 1.82) is 0 Å². The highest BCUT2D eigenvalue weighted by Gasteiger charge is 2.45. The number of benzene rings is 4. The molecule has 302 valence electrons. The number of anilines is 1. The van der Waals surface area contributed by atoms with Gasteiger partial charge in [-0.05, 0) is 83.4 Å². The lowest BCUT2D eigenvalue weighted by molar-refractivity contribution is -0.777. The first kappa shape index (κ1) is 42.4. The second-order valence-electron chi connectivity index (χ2n) is 14.5. The van der Waals surface area contributed by atoms with Crippen LogP contribution in [0.5, 0.6) is 0 Å². The molecule has 2 aliphatic rings. The van der Waals surface area contributed by atoms with Crippen LogP contribution in [-0.4, -0.2) is 73.8 Å². The third-order valence-electron chi connectivity index (χ3n) is 10.2. The van der Waals surface area contributed by atoms with Gasteiger partial charge in [-0.15, -0.1) is 0 Å². The summed E-state index contributed by atoms with van der Waals surface area (Å²) in [5.41, 5.74) is 3.17. The zero-order valence-electron chi connectivity index (χ0n) is 31.1. The van der Waals surface area contributed by atoms with Crippen LogP contribution in [0.4, 0.5) is 11.4 Å². The van der Waals surface area contributed by atoms with E-state index in [0.29, 0.717) is 27.1 Å². The molecule has 6 rings (SSSR count). The predicted molar refractivity (Wildman–Crippen MR) is 212 cm³/mol. The minimum Gasteiger partial charge on any atom is -0.748 e. The van der Waals surface area contributed by atoms with E-state index >= 15 is 0 Å². The lowest BCUT2D eigenvalue weighted by Crippen LogP contribution is -2.30. The number of hydrogen-bond donors (Lipinski definition) is 0. The van der Waals surface area contributed by atoms with E-state index in [1.165, 1.54) is 12.1 Å². The van der Waals surface area contributed by atoms with E-state index in [1.807, 2.05) is 62.9 Å². The molecule has 4 aromatic carbocycles. The molecule has 2 aliphatic heterocycles. The molecule has 57 heavy (non-hydrogen) atoms. The molecule has 0 saturated heterocycles. The number of fused-ring (bicyclic) bond motifs is 6. The van der Waals surface area contributed by atoms with Gasteiger partial charge in [-0.3, -0.25) is 5.04 Å². The SMILES string of the molecule is CC1(C)C(/C=C/C=C/C=C/C=C2/N(CCS(=O)(=O)[O-])c3ccc4cc(SOO[O-])ccc4c3C2(C)C)=[N+](CCS(=O)(=O)[O-])c2ccc3cc(S(=O)(=O)[O-])ccc3c21. The first-order chi connectivity index (χ1) is 26.6. The standard InChI is InChI=1S/C39H40N2O12S4/c1-38(2)34(40(20-22-55(43,44)45)32-18-12-26-24-28(54-53-52-42)14-16-30(26)36(32)38)10-8-6-5-7-9-11-35-39(3,4)37-31-17-15-29(57(49,50)51)25-27(31)13-19-33(37)41(35)21-23-56(46,47)48/h5-19,24-25H,20-23H2,1-4H3,(H3-,42,43,44,45,46,47,48,49,50,51)/p-3. The van der Waals surface area contributed by atoms with Crippen LogP contribution < -0.4 is 10.2 Å². The van der Waals surface area contributed by atoms with Gasteiger partial charge in [0.25, 0.3) is 0 Å². The fraction of sp³-hybridized carbons (Fsp3) is 0.256. The molecule has 0 N–H and O–H groups in total. The van der Waals surface area contributed by atoms with Crippen molar-refractivity contribution in [2.75, 3.05) is 29.5 Å². The summed E-state index contributed by atoms with van der Waals surface area (Å²) in [6.45, 7) is 7.67. The summed E-state index contributed by atoms with van der Waals surface area (Å²) in [7, 11) is -13.8. The van der Waals surface area contributed by atoms with E-state index in [9.17, 15) is 44.2 Å². The normalized spacial score (nSPS) is 17.7. The van der Waals surface area contributed by atoms with Crippen LogP contribution in [0.15, 0.2) is 119 Å². The van der Waals surface area contributed by atoms with Gasteiger partial charge >= 0.3 is 0 Å². The lowest BCUT2D eigenvalue weighted by atomic mass is 9.79. The van der Waals surface area contributed by atoms with Gasteiger partial charge in [-0.25, -0.2) is 25.3 Å². The van der Waals surface area contributed by atoms with E-state index in [4.69, 9.17) is 0 Å². The third-order valence-corrected chi connectivity index (χ3v) is 12.9. The van der Waals surface area contributed by atoms with E-state index in [2.05, 4.69) is 9.37 Å². The molecule has 2 heterocycles. The Labute approximate surface area is 335 Å². The molecule has 0 fully saturated rings. The molecule has 0 spiro atoms. The van der Waals surface area contributed by atoms with E-state index in [1.54, 1.807) is 65.3 Å². The van der Waals surface area contributed by atoms with Gasteiger partial charge in [0, 0.05) is 45.9 Å². The van der Waals surface area contributed by atoms with Crippen molar-refractivity contribution >= 4 is 81.0 Å². The second-order valence-corrected chi connectivity index (χ2v) is 19.7. The highest BCUT2D eigenvalue weighted by atomic mass is 32.2. The summed E-state index contributed by atoms with van der Waals surface area (Å²) in [6.07, 6.45) is 12.5. The van der Waals surface area contributed by atoms with Gasteiger partial charge < -0.3 is 23.8 Å². The number of rotatable bonds is 14. The summed E-state index contributed by atoms with van der Waals surface area (Å²) in [5, 5.41) is 16.7. The molecule has 0 saturated carbocycles. The molecule has 0 bridgehead atoms. The maximum atomic E-state index is 11.7. The zero-order chi connectivity index (χ0) is 41.6. The lowest BCUT2D eigenvalue weighted by Gasteiger charge is -2.27. The molecule has 0 aliphatic carbocycles. The molecule has 0 amide bonds. The van der Waals surface area contributed by atoms with Gasteiger partial charge in [0.1, 0.15) is 20.2 Å².